The standard InChI is InChI=1S/C18H24BrNO/c19-17(9-6-13-4-2-1-3-5-13)15-8-7-14-10-11-20-18(21)16(14)12-15/h7-8,12-13,17H,1-6,9-11H2,(H,20,21). The fourth-order valence-corrected chi connectivity index (χ4v) is 4.20. The van der Waals surface area contributed by atoms with Gasteiger partial charge in [0.25, 0.3) is 5.91 Å². The number of hydrogen-bond acceptors (Lipinski definition) is 1. The highest BCUT2D eigenvalue weighted by Gasteiger charge is 2.20. The van der Waals surface area contributed by atoms with Crippen molar-refractivity contribution in [2.75, 3.05) is 6.54 Å². The smallest absolute Gasteiger partial charge is 0.251 e. The van der Waals surface area contributed by atoms with Gasteiger partial charge in [-0.1, -0.05) is 60.2 Å². The first-order valence-corrected chi connectivity index (χ1v) is 9.20. The summed E-state index contributed by atoms with van der Waals surface area (Å²) in [6.45, 7) is 0.768. The molecule has 1 aromatic carbocycles. The molecule has 21 heavy (non-hydrogen) atoms. The minimum absolute atomic E-state index is 0.0880. The van der Waals surface area contributed by atoms with E-state index >= 15 is 0 Å². The molecule has 1 aliphatic carbocycles. The summed E-state index contributed by atoms with van der Waals surface area (Å²) in [7, 11) is 0. The molecule has 114 valence electrons. The lowest BCUT2D eigenvalue weighted by atomic mass is 9.85. The molecule has 2 nitrogen and oxygen atoms in total. The molecule has 2 aliphatic rings. The third-order valence-corrected chi connectivity index (χ3v) is 5.96. The Morgan fingerprint density at radius 2 is 2.05 bits per heavy atom. The summed E-state index contributed by atoms with van der Waals surface area (Å²) in [5.74, 6) is 1.00. The number of carbonyl (C=O) groups excluding carboxylic acids is 1. The molecule has 0 spiro atoms. The number of carbonyl (C=O) groups is 1. The molecule has 1 amide bonds. The van der Waals surface area contributed by atoms with Crippen molar-refractivity contribution < 1.29 is 4.79 Å². The van der Waals surface area contributed by atoms with Crippen molar-refractivity contribution >= 4 is 21.8 Å². The van der Waals surface area contributed by atoms with Gasteiger partial charge in [-0.2, -0.15) is 0 Å². The summed E-state index contributed by atoms with van der Waals surface area (Å²) in [5, 5.41) is 2.93. The molecule has 1 aromatic rings. The number of fused-ring (bicyclic) bond motifs is 1. The minimum atomic E-state index is 0.0880. The van der Waals surface area contributed by atoms with E-state index in [0.717, 1.165) is 24.4 Å². The van der Waals surface area contributed by atoms with Crippen molar-refractivity contribution in [2.45, 2.75) is 56.2 Å². The maximum Gasteiger partial charge on any atom is 0.251 e. The lowest BCUT2D eigenvalue weighted by Gasteiger charge is -2.23. The molecule has 3 heteroatoms. The number of amides is 1. The molecule has 1 atom stereocenters. The molecule has 0 radical (unpaired) electrons. The van der Waals surface area contributed by atoms with E-state index < -0.39 is 0 Å². The fourth-order valence-electron chi connectivity index (χ4n) is 3.65. The number of benzene rings is 1. The maximum absolute atomic E-state index is 11.9. The number of alkyl halides is 1. The van der Waals surface area contributed by atoms with E-state index in [1.165, 1.54) is 56.1 Å². The van der Waals surface area contributed by atoms with E-state index in [4.69, 9.17) is 0 Å². The van der Waals surface area contributed by atoms with Crippen LogP contribution in [0.1, 0.15) is 71.3 Å². The van der Waals surface area contributed by atoms with E-state index in [1.54, 1.807) is 0 Å². The van der Waals surface area contributed by atoms with Gasteiger partial charge in [-0.3, -0.25) is 4.79 Å². The Bertz CT molecular complexity index is 508. The molecule has 0 saturated heterocycles. The second-order valence-electron chi connectivity index (χ2n) is 6.47. The van der Waals surface area contributed by atoms with E-state index in [2.05, 4.69) is 39.4 Å². The van der Waals surface area contributed by atoms with Crippen LogP contribution < -0.4 is 5.32 Å². The van der Waals surface area contributed by atoms with Crippen LogP contribution in [0.15, 0.2) is 18.2 Å². The van der Waals surface area contributed by atoms with Crippen molar-refractivity contribution in [3.05, 3.63) is 34.9 Å². The van der Waals surface area contributed by atoms with Crippen LogP contribution in [0.25, 0.3) is 0 Å². The van der Waals surface area contributed by atoms with Gasteiger partial charge in [0.2, 0.25) is 0 Å². The zero-order valence-corrected chi connectivity index (χ0v) is 14.1. The van der Waals surface area contributed by atoms with Gasteiger partial charge >= 0.3 is 0 Å². The number of halogens is 1. The third kappa shape index (κ3) is 3.68. The van der Waals surface area contributed by atoms with Crippen molar-refractivity contribution in [1.82, 2.24) is 5.32 Å². The molecule has 0 aromatic heterocycles. The highest BCUT2D eigenvalue weighted by Crippen LogP contribution is 2.34. The summed E-state index contributed by atoms with van der Waals surface area (Å²) in [4.78, 5) is 12.3. The SMILES string of the molecule is O=C1NCCc2ccc(C(Br)CCC3CCCCC3)cc21. The Balaban J connectivity index is 1.63. The van der Waals surface area contributed by atoms with Crippen LogP contribution in [-0.4, -0.2) is 12.5 Å². The van der Waals surface area contributed by atoms with E-state index in [9.17, 15) is 4.79 Å². The van der Waals surface area contributed by atoms with Crippen LogP contribution in [-0.2, 0) is 6.42 Å². The third-order valence-electron chi connectivity index (χ3n) is 4.97. The molecule has 1 heterocycles. The van der Waals surface area contributed by atoms with Gasteiger partial charge in [-0.15, -0.1) is 0 Å². The molecule has 3 rings (SSSR count). The number of hydrogen-bond donors (Lipinski definition) is 1. The van der Waals surface area contributed by atoms with Crippen molar-refractivity contribution in [1.29, 1.82) is 0 Å². The lowest BCUT2D eigenvalue weighted by molar-refractivity contribution is 0.0946. The van der Waals surface area contributed by atoms with Crippen LogP contribution >= 0.6 is 15.9 Å². The Morgan fingerprint density at radius 3 is 2.86 bits per heavy atom. The normalized spacial score (nSPS) is 20.7. The monoisotopic (exact) mass is 349 g/mol. The molecule has 1 fully saturated rings. The van der Waals surface area contributed by atoms with E-state index in [-0.39, 0.29) is 5.91 Å². The van der Waals surface area contributed by atoms with E-state index in [0.29, 0.717) is 4.83 Å². The van der Waals surface area contributed by atoms with Crippen LogP contribution in [0.5, 0.6) is 0 Å². The summed E-state index contributed by atoms with van der Waals surface area (Å²) in [6, 6.07) is 6.42. The zero-order chi connectivity index (χ0) is 14.7. The zero-order valence-electron chi connectivity index (χ0n) is 12.5. The minimum Gasteiger partial charge on any atom is -0.352 e. The van der Waals surface area contributed by atoms with Crippen molar-refractivity contribution in [3.63, 3.8) is 0 Å². The van der Waals surface area contributed by atoms with Gasteiger partial charge in [0.15, 0.2) is 0 Å². The van der Waals surface area contributed by atoms with Crippen LogP contribution in [0, 0.1) is 5.92 Å². The molecular weight excluding hydrogens is 326 g/mol. The molecule has 1 N–H and O–H groups in total. The van der Waals surface area contributed by atoms with Gasteiger partial charge < -0.3 is 5.32 Å². The van der Waals surface area contributed by atoms with Crippen LogP contribution in [0.3, 0.4) is 0 Å². The van der Waals surface area contributed by atoms with Gasteiger partial charge in [0.1, 0.15) is 0 Å². The first kappa shape index (κ1) is 15.1. The Hall–Kier alpha value is -0.830. The first-order chi connectivity index (χ1) is 10.2. The first-order valence-electron chi connectivity index (χ1n) is 8.29. The second-order valence-corrected chi connectivity index (χ2v) is 7.58. The summed E-state index contributed by atoms with van der Waals surface area (Å²) >= 11 is 3.83. The Labute approximate surface area is 135 Å². The highest BCUT2D eigenvalue weighted by molar-refractivity contribution is 9.09. The molecule has 1 saturated carbocycles. The van der Waals surface area contributed by atoms with Crippen LogP contribution in [0.4, 0.5) is 0 Å². The molecular formula is C18H24BrNO. The van der Waals surface area contributed by atoms with Crippen LogP contribution in [0.2, 0.25) is 0 Å². The predicted octanol–water partition coefficient (Wildman–Crippen LogP) is 4.77. The quantitative estimate of drug-likeness (QED) is 0.779. The van der Waals surface area contributed by atoms with E-state index in [1.807, 2.05) is 0 Å². The average molecular weight is 350 g/mol. The Kier molecular flexibility index (Phi) is 4.99. The second kappa shape index (κ2) is 6.95. The highest BCUT2D eigenvalue weighted by atomic mass is 79.9. The van der Waals surface area contributed by atoms with Crippen molar-refractivity contribution in [3.8, 4) is 0 Å². The van der Waals surface area contributed by atoms with Crippen molar-refractivity contribution in [2.24, 2.45) is 5.92 Å². The number of rotatable bonds is 4. The summed E-state index contributed by atoms with van der Waals surface area (Å²) in [6.07, 6.45) is 10.5. The molecule has 1 unspecified atom stereocenters. The topological polar surface area (TPSA) is 29.1 Å². The fraction of sp³-hybridized carbons (Fsp3) is 0.611. The largest absolute Gasteiger partial charge is 0.352 e. The molecule has 0 bridgehead atoms. The summed E-state index contributed by atoms with van der Waals surface area (Å²) in [5.41, 5.74) is 3.32. The maximum atomic E-state index is 11.9. The molecule has 1 aliphatic heterocycles. The number of nitrogens with one attached hydrogen (secondary N) is 1. The van der Waals surface area contributed by atoms with Gasteiger partial charge in [0.05, 0.1) is 0 Å². The van der Waals surface area contributed by atoms with Gasteiger partial charge in [0, 0.05) is 16.9 Å². The average Bonchev–Trinajstić information content (AvgIpc) is 2.54. The summed E-state index contributed by atoms with van der Waals surface area (Å²) < 4.78 is 0. The van der Waals surface area contributed by atoms with Gasteiger partial charge in [-0.25, -0.2) is 0 Å². The lowest BCUT2D eigenvalue weighted by Crippen LogP contribution is -2.31. The predicted molar refractivity (Wildman–Crippen MR) is 90.0 cm³/mol. The van der Waals surface area contributed by atoms with Gasteiger partial charge in [-0.05, 0) is 42.4 Å². The Morgan fingerprint density at radius 1 is 1.24 bits per heavy atom.